The van der Waals surface area contributed by atoms with Crippen LogP contribution in [0.3, 0.4) is 0 Å². The Labute approximate surface area is 158 Å². The van der Waals surface area contributed by atoms with Gasteiger partial charge in [0.05, 0.1) is 16.1 Å². The first-order chi connectivity index (χ1) is 12.9. The van der Waals surface area contributed by atoms with E-state index in [-0.39, 0.29) is 33.7 Å². The number of carbonyl (C=O) groups is 1. The normalized spacial score (nSPS) is 17.3. The van der Waals surface area contributed by atoms with Crippen LogP contribution in [0.25, 0.3) is 0 Å². The summed E-state index contributed by atoms with van der Waals surface area (Å²) in [6.07, 6.45) is 1.85. The Hall–Kier alpha value is -2.45. The topological polar surface area (TPSA) is 87.3 Å². The number of aryl methyl sites for hydroxylation is 1. The van der Waals surface area contributed by atoms with Crippen molar-refractivity contribution in [2.75, 3.05) is 17.8 Å². The fourth-order valence-corrected chi connectivity index (χ4v) is 4.16. The number of amides is 1. The minimum atomic E-state index is -3.95. The molecule has 0 saturated carbocycles. The Morgan fingerprint density at radius 3 is 2.70 bits per heavy atom. The number of anilines is 1. The monoisotopic (exact) mass is 391 g/mol. The van der Waals surface area contributed by atoms with E-state index >= 15 is 0 Å². The first-order valence-corrected chi connectivity index (χ1v) is 10.2. The quantitative estimate of drug-likeness (QED) is 0.731. The predicted molar refractivity (Wildman–Crippen MR) is 102 cm³/mol. The van der Waals surface area contributed by atoms with Crippen LogP contribution in [0.5, 0.6) is 0 Å². The zero-order valence-corrected chi connectivity index (χ0v) is 15.8. The van der Waals surface area contributed by atoms with Gasteiger partial charge in [-0.1, -0.05) is 12.1 Å². The largest absolute Gasteiger partial charge is 0.348 e. The van der Waals surface area contributed by atoms with E-state index in [2.05, 4.69) is 15.4 Å². The molecule has 3 N–H and O–H groups in total. The Morgan fingerprint density at radius 2 is 2.00 bits per heavy atom. The van der Waals surface area contributed by atoms with Gasteiger partial charge in [-0.05, 0) is 62.2 Å². The molecule has 8 heteroatoms. The van der Waals surface area contributed by atoms with Gasteiger partial charge < -0.3 is 10.6 Å². The maximum atomic E-state index is 13.4. The average Bonchev–Trinajstić information content (AvgIpc) is 2.65. The van der Waals surface area contributed by atoms with E-state index in [9.17, 15) is 17.6 Å². The number of piperidine rings is 1. The van der Waals surface area contributed by atoms with Gasteiger partial charge in [0.25, 0.3) is 15.9 Å². The molecule has 1 aliphatic rings. The Balaban J connectivity index is 1.82. The number of benzene rings is 2. The van der Waals surface area contributed by atoms with Gasteiger partial charge in [-0.15, -0.1) is 0 Å². The van der Waals surface area contributed by atoms with Gasteiger partial charge in [0, 0.05) is 12.6 Å². The van der Waals surface area contributed by atoms with Gasteiger partial charge >= 0.3 is 0 Å². The Bertz CT molecular complexity index is 941. The van der Waals surface area contributed by atoms with Crippen LogP contribution in [0.2, 0.25) is 0 Å². The molecule has 2 aromatic rings. The van der Waals surface area contributed by atoms with E-state index in [1.807, 2.05) is 0 Å². The van der Waals surface area contributed by atoms with Gasteiger partial charge in [0.1, 0.15) is 5.82 Å². The van der Waals surface area contributed by atoms with Crippen LogP contribution in [-0.4, -0.2) is 33.5 Å². The number of hydrogen-bond donors (Lipinski definition) is 3. The van der Waals surface area contributed by atoms with E-state index in [0.717, 1.165) is 25.5 Å². The summed E-state index contributed by atoms with van der Waals surface area (Å²) in [5.74, 6) is -0.813. The zero-order chi connectivity index (χ0) is 19.4. The smallest absolute Gasteiger partial charge is 0.261 e. The molecule has 0 aliphatic carbocycles. The van der Waals surface area contributed by atoms with E-state index in [1.165, 1.54) is 25.1 Å². The van der Waals surface area contributed by atoms with Crippen molar-refractivity contribution in [3.63, 3.8) is 0 Å². The van der Waals surface area contributed by atoms with Gasteiger partial charge in [-0.25, -0.2) is 12.8 Å². The molecule has 144 valence electrons. The summed E-state index contributed by atoms with van der Waals surface area (Å²) < 4.78 is 41.2. The highest BCUT2D eigenvalue weighted by atomic mass is 32.2. The maximum absolute atomic E-state index is 13.4. The van der Waals surface area contributed by atoms with E-state index in [0.29, 0.717) is 6.54 Å². The van der Waals surface area contributed by atoms with Crippen molar-refractivity contribution in [3.8, 4) is 0 Å². The Morgan fingerprint density at radius 1 is 1.22 bits per heavy atom. The van der Waals surface area contributed by atoms with Crippen LogP contribution in [-0.2, 0) is 10.0 Å². The van der Waals surface area contributed by atoms with Crippen molar-refractivity contribution in [2.45, 2.75) is 30.7 Å². The summed E-state index contributed by atoms with van der Waals surface area (Å²) in [5, 5.41) is 6.15. The molecule has 27 heavy (non-hydrogen) atoms. The van der Waals surface area contributed by atoms with Crippen LogP contribution < -0.4 is 15.4 Å². The van der Waals surface area contributed by atoms with Crippen molar-refractivity contribution in [3.05, 3.63) is 59.4 Å². The summed E-state index contributed by atoms with van der Waals surface area (Å²) in [6.45, 7) is 3.11. The first kappa shape index (κ1) is 19.3. The van der Waals surface area contributed by atoms with Crippen LogP contribution >= 0.6 is 0 Å². The lowest BCUT2D eigenvalue weighted by Crippen LogP contribution is -2.45. The van der Waals surface area contributed by atoms with E-state index in [4.69, 9.17) is 0 Å². The minimum Gasteiger partial charge on any atom is -0.348 e. The molecule has 3 rings (SSSR count). The maximum Gasteiger partial charge on any atom is 0.261 e. The molecular weight excluding hydrogens is 369 g/mol. The van der Waals surface area contributed by atoms with Crippen LogP contribution in [0, 0.1) is 12.7 Å². The minimum absolute atomic E-state index is 0.00987. The highest BCUT2D eigenvalue weighted by Gasteiger charge is 2.21. The van der Waals surface area contributed by atoms with Crippen LogP contribution in [0.4, 0.5) is 10.1 Å². The van der Waals surface area contributed by atoms with Crippen LogP contribution in [0.15, 0.2) is 47.4 Å². The molecule has 0 bridgehead atoms. The molecule has 1 saturated heterocycles. The standard InChI is InChI=1S/C19H22FN3O3S/c1-13-11-15(8-9-17(13)20)27(25,26)23-18-7-3-2-6-16(18)19(24)22-14-5-4-10-21-12-14/h2-3,6-9,11,14,21,23H,4-5,10,12H2,1H3,(H,22,24). The van der Waals surface area contributed by atoms with Crippen molar-refractivity contribution in [1.82, 2.24) is 10.6 Å². The summed E-state index contributed by atoms with van der Waals surface area (Å²) in [4.78, 5) is 12.6. The van der Waals surface area contributed by atoms with E-state index < -0.39 is 15.8 Å². The molecule has 1 unspecified atom stereocenters. The second-order valence-corrected chi connectivity index (χ2v) is 8.26. The van der Waals surface area contributed by atoms with Crippen molar-refractivity contribution in [1.29, 1.82) is 0 Å². The SMILES string of the molecule is Cc1cc(S(=O)(=O)Nc2ccccc2C(=O)NC2CCCNC2)ccc1F. The lowest BCUT2D eigenvalue weighted by atomic mass is 10.1. The summed E-state index contributed by atoms with van der Waals surface area (Å²) >= 11 is 0. The molecule has 0 spiro atoms. The van der Waals surface area contributed by atoms with E-state index in [1.54, 1.807) is 18.2 Å². The van der Waals surface area contributed by atoms with Gasteiger partial charge in [-0.2, -0.15) is 0 Å². The van der Waals surface area contributed by atoms with Crippen molar-refractivity contribution >= 4 is 21.6 Å². The molecule has 1 amide bonds. The third-order valence-electron chi connectivity index (χ3n) is 4.49. The summed E-state index contributed by atoms with van der Waals surface area (Å²) in [7, 11) is -3.95. The average molecular weight is 391 g/mol. The number of rotatable bonds is 5. The third-order valence-corrected chi connectivity index (χ3v) is 5.85. The van der Waals surface area contributed by atoms with Crippen molar-refractivity contribution in [2.24, 2.45) is 0 Å². The molecule has 0 aromatic heterocycles. The molecule has 1 atom stereocenters. The molecule has 1 aliphatic heterocycles. The number of sulfonamides is 1. The molecule has 1 heterocycles. The summed E-state index contributed by atoms with van der Waals surface area (Å²) in [5.41, 5.74) is 0.653. The zero-order valence-electron chi connectivity index (χ0n) is 15.0. The van der Waals surface area contributed by atoms with Gasteiger partial charge in [-0.3, -0.25) is 9.52 Å². The first-order valence-electron chi connectivity index (χ1n) is 8.76. The molecule has 2 aromatic carbocycles. The van der Waals surface area contributed by atoms with Gasteiger partial charge in [0.15, 0.2) is 0 Å². The number of halogens is 1. The number of para-hydroxylation sites is 1. The predicted octanol–water partition coefficient (Wildman–Crippen LogP) is 2.42. The fraction of sp³-hybridized carbons (Fsp3) is 0.316. The highest BCUT2D eigenvalue weighted by Crippen LogP contribution is 2.22. The lowest BCUT2D eigenvalue weighted by Gasteiger charge is -2.24. The second-order valence-electron chi connectivity index (χ2n) is 6.58. The molecule has 1 fully saturated rings. The number of carbonyl (C=O) groups excluding carboxylic acids is 1. The molecule has 0 radical (unpaired) electrons. The summed E-state index contributed by atoms with van der Waals surface area (Å²) in [6, 6.07) is 9.99. The number of nitrogens with one attached hydrogen (secondary N) is 3. The molecule has 6 nitrogen and oxygen atoms in total. The Kier molecular flexibility index (Phi) is 5.76. The van der Waals surface area contributed by atoms with Gasteiger partial charge in [0.2, 0.25) is 0 Å². The van der Waals surface area contributed by atoms with Crippen LogP contribution in [0.1, 0.15) is 28.8 Å². The molecular formula is C19H22FN3O3S. The lowest BCUT2D eigenvalue weighted by molar-refractivity contribution is 0.0931. The second kappa shape index (κ2) is 8.06. The van der Waals surface area contributed by atoms with Crippen molar-refractivity contribution < 1.29 is 17.6 Å². The fourth-order valence-electron chi connectivity index (χ4n) is 3.00. The third kappa shape index (κ3) is 4.64. The highest BCUT2D eigenvalue weighted by molar-refractivity contribution is 7.92. The number of hydrogen-bond acceptors (Lipinski definition) is 4.